The molecule has 86 valence electrons. The Kier molecular flexibility index (Phi) is 7.32. The van der Waals surface area contributed by atoms with E-state index in [1.165, 1.54) is 0 Å². The van der Waals surface area contributed by atoms with Gasteiger partial charge in [0.1, 0.15) is 0 Å². The standard InChI is InChI=1S/C11H19NO3/c1-9(2)11(15)12-8-6-4-3-5-7-10(13)14/h1,3-8H2,2H3,(H,12,15)(H,13,14). The van der Waals surface area contributed by atoms with Crippen molar-refractivity contribution in [2.75, 3.05) is 6.54 Å². The van der Waals surface area contributed by atoms with Crippen LogP contribution in [0.1, 0.15) is 39.0 Å². The van der Waals surface area contributed by atoms with Crippen LogP contribution < -0.4 is 5.32 Å². The van der Waals surface area contributed by atoms with Gasteiger partial charge < -0.3 is 10.4 Å². The molecule has 0 radical (unpaired) electrons. The van der Waals surface area contributed by atoms with Crippen molar-refractivity contribution < 1.29 is 14.7 Å². The van der Waals surface area contributed by atoms with Crippen LogP contribution in [-0.2, 0) is 9.59 Å². The van der Waals surface area contributed by atoms with Gasteiger partial charge in [0.2, 0.25) is 5.91 Å². The van der Waals surface area contributed by atoms with Gasteiger partial charge in [-0.2, -0.15) is 0 Å². The number of carbonyl (C=O) groups is 2. The summed E-state index contributed by atoms with van der Waals surface area (Å²) in [4.78, 5) is 21.2. The van der Waals surface area contributed by atoms with Gasteiger partial charge in [0.15, 0.2) is 0 Å². The lowest BCUT2D eigenvalue weighted by Crippen LogP contribution is -2.24. The van der Waals surface area contributed by atoms with Crippen LogP contribution >= 0.6 is 0 Å². The van der Waals surface area contributed by atoms with Crippen LogP contribution in [0.2, 0.25) is 0 Å². The molecule has 0 heterocycles. The summed E-state index contributed by atoms with van der Waals surface area (Å²) in [5, 5.41) is 11.1. The topological polar surface area (TPSA) is 66.4 Å². The number of rotatable bonds is 8. The minimum Gasteiger partial charge on any atom is -0.481 e. The Morgan fingerprint density at radius 2 is 1.80 bits per heavy atom. The smallest absolute Gasteiger partial charge is 0.303 e. The molecule has 0 aromatic rings. The molecule has 0 saturated heterocycles. The Hall–Kier alpha value is -1.32. The maximum absolute atomic E-state index is 11.0. The summed E-state index contributed by atoms with van der Waals surface area (Å²) in [7, 11) is 0. The van der Waals surface area contributed by atoms with Crippen LogP contribution in [0.25, 0.3) is 0 Å². The first-order valence-corrected chi connectivity index (χ1v) is 5.19. The van der Waals surface area contributed by atoms with Gasteiger partial charge >= 0.3 is 5.97 Å². The fourth-order valence-corrected chi connectivity index (χ4v) is 1.11. The van der Waals surface area contributed by atoms with E-state index in [0.717, 1.165) is 19.3 Å². The summed E-state index contributed by atoms with van der Waals surface area (Å²) in [5.74, 6) is -0.855. The lowest BCUT2D eigenvalue weighted by atomic mass is 10.1. The molecule has 4 nitrogen and oxygen atoms in total. The zero-order chi connectivity index (χ0) is 11.7. The van der Waals surface area contributed by atoms with Crippen LogP contribution in [-0.4, -0.2) is 23.5 Å². The highest BCUT2D eigenvalue weighted by atomic mass is 16.4. The van der Waals surface area contributed by atoms with Gasteiger partial charge in [-0.3, -0.25) is 9.59 Å². The predicted molar refractivity (Wildman–Crippen MR) is 58.5 cm³/mol. The Morgan fingerprint density at radius 1 is 1.20 bits per heavy atom. The highest BCUT2D eigenvalue weighted by molar-refractivity contribution is 5.91. The number of hydrogen-bond acceptors (Lipinski definition) is 2. The maximum atomic E-state index is 11.0. The number of carboxylic acid groups (broad SMARTS) is 1. The summed E-state index contributed by atoms with van der Waals surface area (Å²) in [6, 6.07) is 0. The van der Waals surface area contributed by atoms with E-state index in [9.17, 15) is 9.59 Å². The van der Waals surface area contributed by atoms with E-state index in [2.05, 4.69) is 11.9 Å². The van der Waals surface area contributed by atoms with E-state index in [0.29, 0.717) is 18.5 Å². The third kappa shape index (κ3) is 9.00. The van der Waals surface area contributed by atoms with Gasteiger partial charge in [-0.25, -0.2) is 0 Å². The lowest BCUT2D eigenvalue weighted by molar-refractivity contribution is -0.137. The number of aliphatic carboxylic acids is 1. The molecule has 15 heavy (non-hydrogen) atoms. The first-order chi connectivity index (χ1) is 7.04. The molecule has 0 fully saturated rings. The second kappa shape index (κ2) is 8.03. The number of carboxylic acids is 1. The molecule has 1 amide bonds. The summed E-state index contributed by atoms with van der Waals surface area (Å²) >= 11 is 0. The predicted octanol–water partition coefficient (Wildman–Crippen LogP) is 1.71. The first kappa shape index (κ1) is 13.7. The number of carbonyl (C=O) groups excluding carboxylic acids is 1. The van der Waals surface area contributed by atoms with Crippen LogP contribution in [0, 0.1) is 0 Å². The summed E-state index contributed by atoms with van der Waals surface area (Å²) in [6.07, 6.45) is 3.68. The minimum absolute atomic E-state index is 0.111. The molecular weight excluding hydrogens is 194 g/mol. The van der Waals surface area contributed by atoms with Gasteiger partial charge in [-0.15, -0.1) is 0 Å². The van der Waals surface area contributed by atoms with E-state index in [1.54, 1.807) is 6.92 Å². The number of amides is 1. The Morgan fingerprint density at radius 3 is 2.33 bits per heavy atom. The normalized spacial score (nSPS) is 9.67. The van der Waals surface area contributed by atoms with Gasteiger partial charge in [-0.05, 0) is 19.8 Å². The van der Waals surface area contributed by atoms with Gasteiger partial charge in [0, 0.05) is 18.5 Å². The van der Waals surface area contributed by atoms with E-state index < -0.39 is 5.97 Å². The van der Waals surface area contributed by atoms with Crippen molar-refractivity contribution in [3.63, 3.8) is 0 Å². The quantitative estimate of drug-likeness (QED) is 0.476. The number of nitrogens with one attached hydrogen (secondary N) is 1. The molecule has 0 unspecified atom stereocenters. The molecule has 4 heteroatoms. The molecule has 0 atom stereocenters. The van der Waals surface area contributed by atoms with Crippen LogP contribution in [0.4, 0.5) is 0 Å². The third-order valence-corrected chi connectivity index (χ3v) is 1.99. The largest absolute Gasteiger partial charge is 0.481 e. The van der Waals surface area contributed by atoms with Gasteiger partial charge in [-0.1, -0.05) is 19.4 Å². The second-order valence-corrected chi connectivity index (χ2v) is 3.59. The van der Waals surface area contributed by atoms with Crippen LogP contribution in [0.3, 0.4) is 0 Å². The lowest BCUT2D eigenvalue weighted by Gasteiger charge is -2.03. The second-order valence-electron chi connectivity index (χ2n) is 3.59. The Bertz CT molecular complexity index is 236. The van der Waals surface area contributed by atoms with Crippen molar-refractivity contribution in [2.45, 2.75) is 39.0 Å². The van der Waals surface area contributed by atoms with Gasteiger partial charge in [0.25, 0.3) is 0 Å². The monoisotopic (exact) mass is 213 g/mol. The SMILES string of the molecule is C=C(C)C(=O)NCCCCCCC(=O)O. The van der Waals surface area contributed by atoms with Crippen LogP contribution in [0.15, 0.2) is 12.2 Å². The zero-order valence-corrected chi connectivity index (χ0v) is 9.21. The summed E-state index contributed by atoms with van der Waals surface area (Å²) in [5.41, 5.74) is 0.515. The fourth-order valence-electron chi connectivity index (χ4n) is 1.11. The van der Waals surface area contributed by atoms with Crippen molar-refractivity contribution in [1.82, 2.24) is 5.32 Å². The molecule has 0 saturated carbocycles. The molecular formula is C11H19NO3. The van der Waals surface area contributed by atoms with Crippen molar-refractivity contribution in [3.05, 3.63) is 12.2 Å². The number of unbranched alkanes of at least 4 members (excludes halogenated alkanes) is 3. The molecule has 0 aliphatic rings. The molecule has 0 spiro atoms. The Labute approximate surface area is 90.4 Å². The van der Waals surface area contributed by atoms with Crippen molar-refractivity contribution in [3.8, 4) is 0 Å². The highest BCUT2D eigenvalue weighted by Crippen LogP contribution is 2.02. The van der Waals surface area contributed by atoms with Crippen molar-refractivity contribution in [2.24, 2.45) is 0 Å². The van der Waals surface area contributed by atoms with E-state index in [4.69, 9.17) is 5.11 Å². The van der Waals surface area contributed by atoms with E-state index in [-0.39, 0.29) is 12.3 Å². The van der Waals surface area contributed by atoms with Crippen LogP contribution in [0.5, 0.6) is 0 Å². The fraction of sp³-hybridized carbons (Fsp3) is 0.636. The maximum Gasteiger partial charge on any atom is 0.303 e. The highest BCUT2D eigenvalue weighted by Gasteiger charge is 2.00. The number of hydrogen-bond donors (Lipinski definition) is 2. The van der Waals surface area contributed by atoms with Crippen molar-refractivity contribution in [1.29, 1.82) is 0 Å². The average molecular weight is 213 g/mol. The van der Waals surface area contributed by atoms with Crippen molar-refractivity contribution >= 4 is 11.9 Å². The molecule has 0 aliphatic heterocycles. The van der Waals surface area contributed by atoms with E-state index in [1.807, 2.05) is 0 Å². The Balaban J connectivity index is 3.22. The molecule has 2 N–H and O–H groups in total. The average Bonchev–Trinajstić information content (AvgIpc) is 2.15. The minimum atomic E-state index is -0.745. The van der Waals surface area contributed by atoms with Gasteiger partial charge in [0.05, 0.1) is 0 Å². The van der Waals surface area contributed by atoms with E-state index >= 15 is 0 Å². The molecule has 0 aromatic carbocycles. The molecule has 0 aromatic heterocycles. The molecule has 0 bridgehead atoms. The molecule has 0 rings (SSSR count). The first-order valence-electron chi connectivity index (χ1n) is 5.19. The summed E-state index contributed by atoms with van der Waals surface area (Å²) < 4.78 is 0. The third-order valence-electron chi connectivity index (χ3n) is 1.99. The molecule has 0 aliphatic carbocycles. The zero-order valence-electron chi connectivity index (χ0n) is 9.21. The summed E-state index contributed by atoms with van der Waals surface area (Å²) in [6.45, 7) is 5.83.